The molecule has 0 radical (unpaired) electrons. The number of aromatic nitrogens is 3. The topological polar surface area (TPSA) is 71.8 Å². The molecule has 0 spiro atoms. The molecule has 1 aromatic rings. The summed E-state index contributed by atoms with van der Waals surface area (Å²) in [7, 11) is 0. The lowest BCUT2D eigenvalue weighted by atomic mass is 10.3. The minimum absolute atomic E-state index is 0.0930. The van der Waals surface area contributed by atoms with Gasteiger partial charge in [-0.25, -0.2) is 0 Å². The predicted molar refractivity (Wildman–Crippen MR) is 69.9 cm³/mol. The first-order valence-corrected chi connectivity index (χ1v) is 6.51. The van der Waals surface area contributed by atoms with Gasteiger partial charge in [0.25, 0.3) is 0 Å². The number of nitrogens with zero attached hydrogens (tertiary/aromatic N) is 3. The van der Waals surface area contributed by atoms with Crippen LogP contribution in [-0.2, 0) is 17.9 Å². The van der Waals surface area contributed by atoms with Crippen LogP contribution in [0.2, 0.25) is 0 Å². The van der Waals surface area contributed by atoms with Crippen LogP contribution in [0.15, 0.2) is 6.20 Å². The number of carbonyl (C=O) groups is 1. The molecule has 0 bridgehead atoms. The maximum absolute atomic E-state index is 11.0. The van der Waals surface area contributed by atoms with E-state index in [1.54, 1.807) is 0 Å². The van der Waals surface area contributed by atoms with Crippen LogP contribution in [0.25, 0.3) is 0 Å². The van der Waals surface area contributed by atoms with Crippen LogP contribution in [-0.4, -0.2) is 33.5 Å². The van der Waals surface area contributed by atoms with Crippen LogP contribution in [0.3, 0.4) is 0 Å². The summed E-state index contributed by atoms with van der Waals surface area (Å²) >= 11 is 0. The Labute approximate surface area is 108 Å². The van der Waals surface area contributed by atoms with Gasteiger partial charge in [0.2, 0.25) is 5.91 Å². The molecule has 1 rings (SSSR count). The monoisotopic (exact) mass is 253 g/mol. The summed E-state index contributed by atoms with van der Waals surface area (Å²) in [5.41, 5.74) is 0.946. The van der Waals surface area contributed by atoms with Crippen molar-refractivity contribution in [1.29, 1.82) is 0 Å². The molecule has 0 unspecified atom stereocenters. The van der Waals surface area contributed by atoms with Crippen molar-refractivity contribution < 1.29 is 4.79 Å². The SMILES string of the molecule is CCC(=O)NCCCn1cc(CNC(C)C)nn1. The number of carbonyl (C=O) groups excluding carboxylic acids is 1. The van der Waals surface area contributed by atoms with Crippen LogP contribution in [0.1, 0.15) is 39.3 Å². The van der Waals surface area contributed by atoms with E-state index in [-0.39, 0.29) is 5.91 Å². The highest BCUT2D eigenvalue weighted by Crippen LogP contribution is 1.95. The molecule has 1 amide bonds. The van der Waals surface area contributed by atoms with Crippen LogP contribution < -0.4 is 10.6 Å². The van der Waals surface area contributed by atoms with E-state index in [0.717, 1.165) is 25.2 Å². The third kappa shape index (κ3) is 5.77. The van der Waals surface area contributed by atoms with E-state index in [9.17, 15) is 4.79 Å². The quantitative estimate of drug-likeness (QED) is 0.669. The lowest BCUT2D eigenvalue weighted by molar-refractivity contribution is -0.120. The van der Waals surface area contributed by atoms with Crippen LogP contribution in [0, 0.1) is 0 Å². The van der Waals surface area contributed by atoms with E-state index in [2.05, 4.69) is 34.8 Å². The Kier molecular flexibility index (Phi) is 6.35. The van der Waals surface area contributed by atoms with Crippen LogP contribution >= 0.6 is 0 Å². The zero-order valence-electron chi connectivity index (χ0n) is 11.4. The summed E-state index contributed by atoms with van der Waals surface area (Å²) in [6.07, 6.45) is 3.34. The number of hydrogen-bond donors (Lipinski definition) is 2. The van der Waals surface area contributed by atoms with Gasteiger partial charge in [-0.3, -0.25) is 9.48 Å². The molecule has 0 aliphatic heterocycles. The van der Waals surface area contributed by atoms with Crippen molar-refractivity contribution in [2.75, 3.05) is 6.54 Å². The molecule has 0 atom stereocenters. The zero-order valence-corrected chi connectivity index (χ0v) is 11.4. The molecular formula is C12H23N5O. The van der Waals surface area contributed by atoms with E-state index in [1.165, 1.54) is 0 Å². The first-order chi connectivity index (χ1) is 8.61. The highest BCUT2D eigenvalue weighted by atomic mass is 16.1. The summed E-state index contributed by atoms with van der Waals surface area (Å²) in [6.45, 7) is 8.25. The minimum atomic E-state index is 0.0930. The fourth-order valence-corrected chi connectivity index (χ4v) is 1.43. The average molecular weight is 253 g/mol. The third-order valence-electron chi connectivity index (χ3n) is 2.48. The molecule has 2 N–H and O–H groups in total. The van der Waals surface area contributed by atoms with Gasteiger partial charge in [0.1, 0.15) is 0 Å². The second-order valence-corrected chi connectivity index (χ2v) is 4.57. The van der Waals surface area contributed by atoms with Crippen molar-refractivity contribution in [1.82, 2.24) is 25.6 Å². The highest BCUT2D eigenvalue weighted by molar-refractivity contribution is 5.75. The first kappa shape index (κ1) is 14.6. The zero-order chi connectivity index (χ0) is 13.4. The van der Waals surface area contributed by atoms with Gasteiger partial charge in [-0.2, -0.15) is 0 Å². The van der Waals surface area contributed by atoms with Crippen molar-refractivity contribution in [3.05, 3.63) is 11.9 Å². The lowest BCUT2D eigenvalue weighted by Gasteiger charge is -2.04. The maximum Gasteiger partial charge on any atom is 0.219 e. The Morgan fingerprint density at radius 3 is 2.94 bits per heavy atom. The molecule has 0 aromatic carbocycles. The fraction of sp³-hybridized carbons (Fsp3) is 0.750. The Morgan fingerprint density at radius 1 is 1.50 bits per heavy atom. The van der Waals surface area contributed by atoms with Gasteiger partial charge >= 0.3 is 0 Å². The first-order valence-electron chi connectivity index (χ1n) is 6.51. The number of aryl methyl sites for hydroxylation is 1. The summed E-state index contributed by atoms with van der Waals surface area (Å²) < 4.78 is 1.81. The molecule has 6 nitrogen and oxygen atoms in total. The summed E-state index contributed by atoms with van der Waals surface area (Å²) in [5.74, 6) is 0.0930. The fourth-order valence-electron chi connectivity index (χ4n) is 1.43. The average Bonchev–Trinajstić information content (AvgIpc) is 2.79. The van der Waals surface area contributed by atoms with Crippen molar-refractivity contribution in [2.24, 2.45) is 0 Å². The summed E-state index contributed by atoms with van der Waals surface area (Å²) in [4.78, 5) is 11.0. The van der Waals surface area contributed by atoms with Gasteiger partial charge in [0.05, 0.1) is 5.69 Å². The number of nitrogens with one attached hydrogen (secondary N) is 2. The van der Waals surface area contributed by atoms with Crippen molar-refractivity contribution in [3.8, 4) is 0 Å². The molecule has 1 aromatic heterocycles. The summed E-state index contributed by atoms with van der Waals surface area (Å²) in [5, 5.41) is 14.3. The van der Waals surface area contributed by atoms with Gasteiger partial charge in [-0.1, -0.05) is 26.0 Å². The van der Waals surface area contributed by atoms with Gasteiger partial charge in [-0.15, -0.1) is 5.10 Å². The standard InChI is InChI=1S/C12H23N5O/c1-4-12(18)13-6-5-7-17-9-11(15-16-17)8-14-10(2)3/h9-10,14H,4-8H2,1-3H3,(H,13,18). The smallest absolute Gasteiger partial charge is 0.219 e. The van der Waals surface area contributed by atoms with E-state index in [4.69, 9.17) is 0 Å². The molecular weight excluding hydrogens is 230 g/mol. The lowest BCUT2D eigenvalue weighted by Crippen LogP contribution is -2.24. The molecule has 1 heterocycles. The molecule has 0 aliphatic carbocycles. The molecule has 0 saturated carbocycles. The van der Waals surface area contributed by atoms with E-state index in [0.29, 0.717) is 19.0 Å². The Balaban J connectivity index is 2.20. The normalized spacial score (nSPS) is 10.9. The molecule has 18 heavy (non-hydrogen) atoms. The van der Waals surface area contributed by atoms with E-state index < -0.39 is 0 Å². The molecule has 6 heteroatoms. The van der Waals surface area contributed by atoms with E-state index in [1.807, 2.05) is 17.8 Å². The summed E-state index contributed by atoms with van der Waals surface area (Å²) in [6, 6.07) is 0.444. The van der Waals surface area contributed by atoms with Crippen LogP contribution in [0.4, 0.5) is 0 Å². The van der Waals surface area contributed by atoms with Gasteiger partial charge in [0, 0.05) is 38.3 Å². The largest absolute Gasteiger partial charge is 0.356 e. The maximum atomic E-state index is 11.0. The minimum Gasteiger partial charge on any atom is -0.356 e. The van der Waals surface area contributed by atoms with Crippen LogP contribution in [0.5, 0.6) is 0 Å². The van der Waals surface area contributed by atoms with Gasteiger partial charge < -0.3 is 10.6 Å². The van der Waals surface area contributed by atoms with E-state index >= 15 is 0 Å². The van der Waals surface area contributed by atoms with Gasteiger partial charge in [-0.05, 0) is 6.42 Å². The van der Waals surface area contributed by atoms with Crippen molar-refractivity contribution in [3.63, 3.8) is 0 Å². The molecule has 102 valence electrons. The van der Waals surface area contributed by atoms with Crippen molar-refractivity contribution in [2.45, 2.75) is 52.7 Å². The number of hydrogen-bond acceptors (Lipinski definition) is 4. The third-order valence-corrected chi connectivity index (χ3v) is 2.48. The number of amides is 1. The Hall–Kier alpha value is -1.43. The second kappa shape index (κ2) is 7.81. The number of rotatable bonds is 8. The Morgan fingerprint density at radius 2 is 2.28 bits per heavy atom. The van der Waals surface area contributed by atoms with Crippen molar-refractivity contribution >= 4 is 5.91 Å². The Bertz CT molecular complexity index is 361. The molecule has 0 saturated heterocycles. The second-order valence-electron chi connectivity index (χ2n) is 4.57. The molecule has 0 aliphatic rings. The predicted octanol–water partition coefficient (Wildman–Crippen LogP) is 0.692. The van der Waals surface area contributed by atoms with Gasteiger partial charge in [0.15, 0.2) is 0 Å². The molecule has 0 fully saturated rings. The highest BCUT2D eigenvalue weighted by Gasteiger charge is 2.02.